The van der Waals surface area contributed by atoms with Crippen molar-refractivity contribution in [3.8, 4) is 0 Å². The number of hydrogen-bond donors (Lipinski definition) is 1. The monoisotopic (exact) mass is 319 g/mol. The molecule has 1 aromatic rings. The molecule has 0 spiro atoms. The molecule has 0 bridgehead atoms. The van der Waals surface area contributed by atoms with Crippen LogP contribution in [0.25, 0.3) is 0 Å². The van der Waals surface area contributed by atoms with Gasteiger partial charge in [-0.25, -0.2) is 14.6 Å². The van der Waals surface area contributed by atoms with Gasteiger partial charge in [-0.05, 0) is 22.9 Å². The minimum absolute atomic E-state index is 0.0152. The molecule has 8 heteroatoms. The predicted octanol–water partition coefficient (Wildman–Crippen LogP) is 0.890. The molecule has 1 heterocycles. The molecule has 0 fully saturated rings. The number of imidazole rings is 1. The predicted molar refractivity (Wildman–Crippen MR) is 66.0 cm³/mol. The van der Waals surface area contributed by atoms with Crippen LogP contribution in [0.3, 0.4) is 0 Å². The molecule has 0 aromatic carbocycles. The highest BCUT2D eigenvalue weighted by Crippen LogP contribution is 2.22. The second-order valence-corrected chi connectivity index (χ2v) is 4.39. The van der Waals surface area contributed by atoms with Crippen LogP contribution in [0, 0.1) is 0 Å². The second kappa shape index (κ2) is 5.85. The van der Waals surface area contributed by atoms with Crippen LogP contribution in [-0.4, -0.2) is 42.4 Å². The molecular weight excluding hydrogens is 306 g/mol. The van der Waals surface area contributed by atoms with E-state index in [9.17, 15) is 9.59 Å². The molecule has 1 atom stereocenters. The smallest absolute Gasteiger partial charge is 0.406 e. The molecule has 100 valence electrons. The van der Waals surface area contributed by atoms with Crippen molar-refractivity contribution >= 4 is 28.0 Å². The zero-order valence-corrected chi connectivity index (χ0v) is 11.9. The summed E-state index contributed by atoms with van der Waals surface area (Å²) in [6.07, 6.45) is 2.52. The van der Waals surface area contributed by atoms with Crippen molar-refractivity contribution in [2.75, 3.05) is 20.8 Å². The third-order valence-corrected chi connectivity index (χ3v) is 3.10. The van der Waals surface area contributed by atoms with Crippen LogP contribution < -0.4 is 5.32 Å². The Labute approximate surface area is 113 Å². The van der Waals surface area contributed by atoms with Gasteiger partial charge in [-0.3, -0.25) is 0 Å². The minimum Gasteiger partial charge on any atom is -0.467 e. The molecule has 0 radical (unpaired) electrons. The molecule has 7 nitrogen and oxygen atoms in total. The number of alkyl carbamates (subject to hydrolysis) is 1. The number of rotatable bonds is 4. The maximum absolute atomic E-state index is 11.9. The standard InChI is InChI=1S/C10H14BrN3O4/c1-10(7(15)17-2,6-13-9(16)18-3)14-5-4-12-8(14)11/h4-5H,6H2,1-3H3,(H,13,16)/t10-/m0/s1. The summed E-state index contributed by atoms with van der Waals surface area (Å²) in [5.41, 5.74) is -1.11. The molecule has 1 N–H and O–H groups in total. The van der Waals surface area contributed by atoms with E-state index in [2.05, 4.69) is 31.0 Å². The van der Waals surface area contributed by atoms with E-state index in [1.54, 1.807) is 17.7 Å². The van der Waals surface area contributed by atoms with E-state index in [0.717, 1.165) is 0 Å². The third kappa shape index (κ3) is 2.81. The number of nitrogens with one attached hydrogen (secondary N) is 1. The van der Waals surface area contributed by atoms with Gasteiger partial charge >= 0.3 is 12.1 Å². The van der Waals surface area contributed by atoms with Crippen molar-refractivity contribution in [2.45, 2.75) is 12.5 Å². The fourth-order valence-electron chi connectivity index (χ4n) is 1.45. The Balaban J connectivity index is 3.00. The summed E-state index contributed by atoms with van der Waals surface area (Å²) in [6.45, 7) is 1.64. The first kappa shape index (κ1) is 14.5. The lowest BCUT2D eigenvalue weighted by molar-refractivity contribution is -0.150. The fourth-order valence-corrected chi connectivity index (χ4v) is 2.07. The molecule has 0 saturated heterocycles. The summed E-state index contributed by atoms with van der Waals surface area (Å²) < 4.78 is 11.3. The van der Waals surface area contributed by atoms with E-state index in [4.69, 9.17) is 4.74 Å². The van der Waals surface area contributed by atoms with E-state index < -0.39 is 17.6 Å². The summed E-state index contributed by atoms with van der Waals surface area (Å²) in [6, 6.07) is 0. The van der Waals surface area contributed by atoms with Gasteiger partial charge < -0.3 is 19.4 Å². The molecule has 1 aromatic heterocycles. The van der Waals surface area contributed by atoms with Gasteiger partial charge in [-0.1, -0.05) is 0 Å². The number of carbonyl (C=O) groups excluding carboxylic acids is 2. The van der Waals surface area contributed by atoms with Gasteiger partial charge in [0.15, 0.2) is 10.3 Å². The van der Waals surface area contributed by atoms with Crippen molar-refractivity contribution < 1.29 is 19.1 Å². The first-order valence-electron chi connectivity index (χ1n) is 5.05. The van der Waals surface area contributed by atoms with E-state index in [1.165, 1.54) is 20.4 Å². The van der Waals surface area contributed by atoms with E-state index in [0.29, 0.717) is 4.73 Å². The first-order chi connectivity index (χ1) is 8.45. The number of halogens is 1. The van der Waals surface area contributed by atoms with Gasteiger partial charge in [0.05, 0.1) is 20.8 Å². The highest BCUT2D eigenvalue weighted by molar-refractivity contribution is 9.10. The maximum Gasteiger partial charge on any atom is 0.406 e. The first-order valence-corrected chi connectivity index (χ1v) is 5.84. The van der Waals surface area contributed by atoms with Crippen molar-refractivity contribution in [2.24, 2.45) is 0 Å². The van der Waals surface area contributed by atoms with E-state index in [-0.39, 0.29) is 6.54 Å². The largest absolute Gasteiger partial charge is 0.467 e. The Morgan fingerprint density at radius 3 is 2.61 bits per heavy atom. The number of carbonyl (C=O) groups is 2. The Morgan fingerprint density at radius 2 is 2.17 bits per heavy atom. The number of methoxy groups -OCH3 is 2. The minimum atomic E-state index is -1.11. The summed E-state index contributed by atoms with van der Waals surface area (Å²) in [7, 11) is 2.53. The molecular formula is C10H14BrN3O4. The average molecular weight is 320 g/mol. The van der Waals surface area contributed by atoms with Gasteiger partial charge in [0.2, 0.25) is 0 Å². The highest BCUT2D eigenvalue weighted by atomic mass is 79.9. The van der Waals surface area contributed by atoms with Crippen molar-refractivity contribution in [1.29, 1.82) is 0 Å². The van der Waals surface area contributed by atoms with Crippen LogP contribution in [0.4, 0.5) is 4.79 Å². The number of nitrogens with zero attached hydrogens (tertiary/aromatic N) is 2. The Morgan fingerprint density at radius 1 is 1.50 bits per heavy atom. The fraction of sp³-hybridized carbons (Fsp3) is 0.500. The summed E-state index contributed by atoms with van der Waals surface area (Å²) >= 11 is 3.22. The zero-order valence-electron chi connectivity index (χ0n) is 10.3. The van der Waals surface area contributed by atoms with Crippen molar-refractivity contribution in [1.82, 2.24) is 14.9 Å². The molecule has 0 saturated carbocycles. The Kier molecular flexibility index (Phi) is 4.71. The number of esters is 1. The molecule has 0 aliphatic rings. The summed E-state index contributed by atoms with van der Waals surface area (Å²) in [4.78, 5) is 27.0. The zero-order chi connectivity index (χ0) is 13.8. The van der Waals surface area contributed by atoms with Crippen LogP contribution >= 0.6 is 15.9 Å². The molecule has 1 amide bonds. The maximum atomic E-state index is 11.9. The SMILES string of the molecule is COC(=O)NC[C@@](C)(C(=O)OC)n1ccnc1Br. The van der Waals surface area contributed by atoms with Gasteiger partial charge in [0, 0.05) is 12.4 Å². The lowest BCUT2D eigenvalue weighted by Gasteiger charge is -2.28. The molecule has 0 unspecified atom stereocenters. The van der Waals surface area contributed by atoms with E-state index >= 15 is 0 Å². The second-order valence-electron chi connectivity index (χ2n) is 3.68. The van der Waals surface area contributed by atoms with Crippen molar-refractivity contribution in [3.63, 3.8) is 0 Å². The quantitative estimate of drug-likeness (QED) is 0.833. The van der Waals surface area contributed by atoms with Gasteiger partial charge in [-0.15, -0.1) is 0 Å². The Hall–Kier alpha value is -1.57. The number of ether oxygens (including phenoxy) is 2. The third-order valence-electron chi connectivity index (χ3n) is 2.51. The van der Waals surface area contributed by atoms with Gasteiger partial charge in [-0.2, -0.15) is 0 Å². The van der Waals surface area contributed by atoms with Gasteiger partial charge in [0.25, 0.3) is 0 Å². The van der Waals surface area contributed by atoms with E-state index in [1.807, 2.05) is 0 Å². The number of aromatic nitrogens is 2. The van der Waals surface area contributed by atoms with Crippen LogP contribution in [0.5, 0.6) is 0 Å². The Bertz CT molecular complexity index is 448. The molecule has 0 aliphatic heterocycles. The van der Waals surface area contributed by atoms with Crippen LogP contribution in [0.2, 0.25) is 0 Å². The summed E-state index contributed by atoms with van der Waals surface area (Å²) in [5.74, 6) is -0.502. The molecule has 1 rings (SSSR count). The number of amides is 1. The van der Waals surface area contributed by atoms with Crippen molar-refractivity contribution in [3.05, 3.63) is 17.1 Å². The lowest BCUT2D eigenvalue weighted by atomic mass is 10.0. The van der Waals surface area contributed by atoms with Crippen LogP contribution in [0.1, 0.15) is 6.92 Å². The topological polar surface area (TPSA) is 82.5 Å². The van der Waals surface area contributed by atoms with Crippen LogP contribution in [-0.2, 0) is 19.8 Å². The average Bonchev–Trinajstić information content (AvgIpc) is 2.81. The number of hydrogen-bond acceptors (Lipinski definition) is 5. The molecule has 0 aliphatic carbocycles. The molecule has 18 heavy (non-hydrogen) atoms. The lowest BCUT2D eigenvalue weighted by Crippen LogP contribution is -2.49. The van der Waals surface area contributed by atoms with Crippen LogP contribution in [0.15, 0.2) is 17.1 Å². The normalized spacial score (nSPS) is 13.6. The highest BCUT2D eigenvalue weighted by Gasteiger charge is 2.38. The summed E-state index contributed by atoms with van der Waals surface area (Å²) in [5, 5.41) is 2.47. The van der Waals surface area contributed by atoms with Gasteiger partial charge in [0.1, 0.15) is 0 Å².